The molecule has 0 aromatic carbocycles. The SMILES string of the molecule is C#CCCCC(F)(CN)CN. The van der Waals surface area contributed by atoms with Crippen LogP contribution in [-0.4, -0.2) is 18.8 Å². The third kappa shape index (κ3) is 3.97. The summed E-state index contributed by atoms with van der Waals surface area (Å²) < 4.78 is 13.3. The first-order valence-electron chi connectivity index (χ1n) is 3.71. The van der Waals surface area contributed by atoms with E-state index < -0.39 is 5.67 Å². The van der Waals surface area contributed by atoms with Crippen molar-refractivity contribution >= 4 is 0 Å². The molecule has 0 rings (SSSR count). The summed E-state index contributed by atoms with van der Waals surface area (Å²) in [6, 6.07) is 0. The lowest BCUT2D eigenvalue weighted by atomic mass is 9.99. The number of rotatable bonds is 5. The van der Waals surface area contributed by atoms with E-state index in [-0.39, 0.29) is 13.1 Å². The van der Waals surface area contributed by atoms with Crippen LogP contribution in [-0.2, 0) is 0 Å². The van der Waals surface area contributed by atoms with Crippen LogP contribution >= 0.6 is 0 Å². The molecule has 0 spiro atoms. The van der Waals surface area contributed by atoms with Gasteiger partial charge in [0.15, 0.2) is 0 Å². The van der Waals surface area contributed by atoms with Gasteiger partial charge in [0.1, 0.15) is 5.67 Å². The van der Waals surface area contributed by atoms with Gasteiger partial charge in [0, 0.05) is 19.5 Å². The Kier molecular flexibility index (Phi) is 4.84. The Hall–Kier alpha value is -0.590. The van der Waals surface area contributed by atoms with Crippen molar-refractivity contribution in [2.24, 2.45) is 11.5 Å². The van der Waals surface area contributed by atoms with E-state index in [2.05, 4.69) is 5.92 Å². The Morgan fingerprint density at radius 1 is 1.36 bits per heavy atom. The summed E-state index contributed by atoms with van der Waals surface area (Å²) in [5.41, 5.74) is 8.98. The summed E-state index contributed by atoms with van der Waals surface area (Å²) in [4.78, 5) is 0. The summed E-state index contributed by atoms with van der Waals surface area (Å²) in [6.07, 6.45) is 6.61. The second-order valence-corrected chi connectivity index (χ2v) is 2.62. The normalized spacial score (nSPS) is 11.1. The van der Waals surface area contributed by atoms with Crippen LogP contribution in [0.3, 0.4) is 0 Å². The van der Waals surface area contributed by atoms with Crippen molar-refractivity contribution in [3.8, 4) is 12.3 Å². The highest BCUT2D eigenvalue weighted by molar-refractivity contribution is 4.87. The standard InChI is InChI=1S/C8H15FN2/c1-2-3-4-5-8(9,6-10)7-11/h1H,3-7,10-11H2. The highest BCUT2D eigenvalue weighted by Gasteiger charge is 2.24. The van der Waals surface area contributed by atoms with Gasteiger partial charge in [-0.25, -0.2) is 4.39 Å². The molecule has 0 aliphatic rings. The lowest BCUT2D eigenvalue weighted by Crippen LogP contribution is -2.40. The number of hydrogen-bond donors (Lipinski definition) is 2. The lowest BCUT2D eigenvalue weighted by Gasteiger charge is -2.20. The number of unbranched alkanes of at least 4 members (excludes halogenated alkanes) is 1. The van der Waals surface area contributed by atoms with Crippen LogP contribution in [0.25, 0.3) is 0 Å². The van der Waals surface area contributed by atoms with E-state index in [1.54, 1.807) is 0 Å². The third-order valence-corrected chi connectivity index (χ3v) is 1.68. The van der Waals surface area contributed by atoms with E-state index in [1.165, 1.54) is 0 Å². The zero-order valence-electron chi connectivity index (χ0n) is 6.65. The van der Waals surface area contributed by atoms with Crippen molar-refractivity contribution in [2.75, 3.05) is 13.1 Å². The van der Waals surface area contributed by atoms with Crippen LogP contribution in [0.5, 0.6) is 0 Å². The summed E-state index contributed by atoms with van der Waals surface area (Å²) >= 11 is 0. The minimum atomic E-state index is -1.41. The largest absolute Gasteiger partial charge is 0.327 e. The number of terminal acetylenes is 1. The van der Waals surface area contributed by atoms with Crippen LogP contribution in [0, 0.1) is 12.3 Å². The Morgan fingerprint density at radius 3 is 2.27 bits per heavy atom. The number of halogens is 1. The molecular formula is C8H15FN2. The molecule has 11 heavy (non-hydrogen) atoms. The average Bonchev–Trinajstić information content (AvgIpc) is 2.05. The predicted molar refractivity (Wildman–Crippen MR) is 44.6 cm³/mol. The summed E-state index contributed by atoms with van der Waals surface area (Å²) in [5.74, 6) is 2.44. The van der Waals surface area contributed by atoms with E-state index in [0.717, 1.165) is 0 Å². The number of nitrogens with two attached hydrogens (primary N) is 2. The molecule has 0 heterocycles. The number of alkyl halides is 1. The van der Waals surface area contributed by atoms with Crippen LogP contribution in [0.15, 0.2) is 0 Å². The van der Waals surface area contributed by atoms with E-state index >= 15 is 0 Å². The molecule has 0 amide bonds. The molecule has 4 N–H and O–H groups in total. The molecule has 2 nitrogen and oxygen atoms in total. The molecule has 3 heteroatoms. The zero-order valence-corrected chi connectivity index (χ0v) is 6.65. The molecule has 0 unspecified atom stereocenters. The van der Waals surface area contributed by atoms with E-state index in [0.29, 0.717) is 19.3 Å². The fraction of sp³-hybridized carbons (Fsp3) is 0.750. The molecular weight excluding hydrogens is 143 g/mol. The van der Waals surface area contributed by atoms with Crippen LogP contribution < -0.4 is 11.5 Å². The van der Waals surface area contributed by atoms with Gasteiger partial charge in [0.05, 0.1) is 0 Å². The Balaban J connectivity index is 3.62. The summed E-state index contributed by atoms with van der Waals surface area (Å²) in [6.45, 7) is -0.0395. The fourth-order valence-corrected chi connectivity index (χ4v) is 0.795. The highest BCUT2D eigenvalue weighted by atomic mass is 19.1. The molecule has 0 radical (unpaired) electrons. The maximum Gasteiger partial charge on any atom is 0.135 e. The van der Waals surface area contributed by atoms with Crippen molar-refractivity contribution in [1.29, 1.82) is 0 Å². The van der Waals surface area contributed by atoms with E-state index in [4.69, 9.17) is 17.9 Å². The van der Waals surface area contributed by atoms with E-state index in [9.17, 15) is 4.39 Å². The van der Waals surface area contributed by atoms with Gasteiger partial charge in [-0.2, -0.15) is 0 Å². The molecule has 0 aliphatic heterocycles. The van der Waals surface area contributed by atoms with Gasteiger partial charge in [0.2, 0.25) is 0 Å². The second-order valence-electron chi connectivity index (χ2n) is 2.62. The van der Waals surface area contributed by atoms with Gasteiger partial charge in [-0.15, -0.1) is 12.3 Å². The van der Waals surface area contributed by atoms with Gasteiger partial charge < -0.3 is 11.5 Å². The maximum absolute atomic E-state index is 13.3. The smallest absolute Gasteiger partial charge is 0.135 e. The Morgan fingerprint density at radius 2 is 1.91 bits per heavy atom. The Labute approximate surface area is 67.1 Å². The van der Waals surface area contributed by atoms with Crippen LogP contribution in [0.1, 0.15) is 19.3 Å². The molecule has 0 saturated carbocycles. The monoisotopic (exact) mass is 158 g/mol. The molecule has 0 bridgehead atoms. The molecule has 0 aliphatic carbocycles. The van der Waals surface area contributed by atoms with Gasteiger partial charge in [-0.05, 0) is 12.8 Å². The first-order valence-corrected chi connectivity index (χ1v) is 3.71. The first kappa shape index (κ1) is 10.4. The second kappa shape index (κ2) is 5.11. The average molecular weight is 158 g/mol. The maximum atomic E-state index is 13.3. The lowest BCUT2D eigenvalue weighted by molar-refractivity contribution is 0.167. The molecule has 0 fully saturated rings. The van der Waals surface area contributed by atoms with Crippen molar-refractivity contribution < 1.29 is 4.39 Å². The molecule has 0 atom stereocenters. The molecule has 0 aromatic heterocycles. The number of hydrogen-bond acceptors (Lipinski definition) is 2. The predicted octanol–water partition coefficient (Wildman–Crippen LogP) is 0.416. The molecule has 64 valence electrons. The van der Waals surface area contributed by atoms with E-state index in [1.807, 2.05) is 0 Å². The minimum Gasteiger partial charge on any atom is -0.327 e. The van der Waals surface area contributed by atoms with Crippen LogP contribution in [0.4, 0.5) is 4.39 Å². The van der Waals surface area contributed by atoms with Crippen molar-refractivity contribution in [1.82, 2.24) is 0 Å². The fourth-order valence-electron chi connectivity index (χ4n) is 0.795. The van der Waals surface area contributed by atoms with Crippen molar-refractivity contribution in [2.45, 2.75) is 24.9 Å². The summed E-state index contributed by atoms with van der Waals surface area (Å²) in [5, 5.41) is 0. The summed E-state index contributed by atoms with van der Waals surface area (Å²) in [7, 11) is 0. The van der Waals surface area contributed by atoms with Gasteiger partial charge in [0.25, 0.3) is 0 Å². The topological polar surface area (TPSA) is 52.0 Å². The first-order chi connectivity index (χ1) is 5.18. The van der Waals surface area contributed by atoms with Crippen molar-refractivity contribution in [3.63, 3.8) is 0 Å². The van der Waals surface area contributed by atoms with Gasteiger partial charge >= 0.3 is 0 Å². The van der Waals surface area contributed by atoms with Crippen LogP contribution in [0.2, 0.25) is 0 Å². The van der Waals surface area contributed by atoms with Crippen molar-refractivity contribution in [3.05, 3.63) is 0 Å². The zero-order chi connectivity index (χ0) is 8.74. The Bertz CT molecular complexity index is 136. The molecule has 0 saturated heterocycles. The third-order valence-electron chi connectivity index (χ3n) is 1.68. The van der Waals surface area contributed by atoms with Gasteiger partial charge in [-0.1, -0.05) is 0 Å². The quantitative estimate of drug-likeness (QED) is 0.450. The van der Waals surface area contributed by atoms with Gasteiger partial charge in [-0.3, -0.25) is 0 Å². The minimum absolute atomic E-state index is 0.0198. The molecule has 0 aromatic rings. The highest BCUT2D eigenvalue weighted by Crippen LogP contribution is 2.15.